The van der Waals surface area contributed by atoms with Crippen LogP contribution in [0.25, 0.3) is 6.08 Å². The SMILES string of the molecule is CCOc1ccc(N2C(=O)/C(=C\c3ccc(N(C)C)cc3)N=C2c2ccccc2)cc1. The molecule has 1 heterocycles. The number of rotatable bonds is 6. The van der Waals surface area contributed by atoms with Gasteiger partial charge in [-0.25, -0.2) is 4.99 Å². The Labute approximate surface area is 182 Å². The molecule has 3 aromatic carbocycles. The van der Waals surface area contributed by atoms with E-state index in [1.165, 1.54) is 0 Å². The molecule has 1 aliphatic rings. The van der Waals surface area contributed by atoms with Crippen LogP contribution in [-0.2, 0) is 4.79 Å². The number of hydrogen-bond acceptors (Lipinski definition) is 4. The highest BCUT2D eigenvalue weighted by molar-refractivity contribution is 6.33. The van der Waals surface area contributed by atoms with Crippen LogP contribution in [0.4, 0.5) is 11.4 Å². The quantitative estimate of drug-likeness (QED) is 0.537. The van der Waals surface area contributed by atoms with Crippen molar-refractivity contribution in [2.24, 2.45) is 4.99 Å². The van der Waals surface area contributed by atoms with Gasteiger partial charge in [0.05, 0.1) is 12.3 Å². The number of nitrogens with zero attached hydrogens (tertiary/aromatic N) is 3. The van der Waals surface area contributed by atoms with Crippen LogP contribution in [0.2, 0.25) is 0 Å². The fraction of sp³-hybridized carbons (Fsp3) is 0.154. The van der Waals surface area contributed by atoms with Gasteiger partial charge in [0, 0.05) is 25.3 Å². The first-order valence-electron chi connectivity index (χ1n) is 10.3. The van der Waals surface area contributed by atoms with Gasteiger partial charge in [-0.3, -0.25) is 9.69 Å². The van der Waals surface area contributed by atoms with Crippen molar-refractivity contribution in [1.82, 2.24) is 0 Å². The van der Waals surface area contributed by atoms with Crippen molar-refractivity contribution in [2.45, 2.75) is 6.92 Å². The number of amides is 1. The summed E-state index contributed by atoms with van der Waals surface area (Å²) in [6, 6.07) is 25.3. The highest BCUT2D eigenvalue weighted by Gasteiger charge is 2.32. The molecule has 0 atom stereocenters. The number of carbonyl (C=O) groups is 1. The van der Waals surface area contributed by atoms with Crippen molar-refractivity contribution >= 4 is 29.2 Å². The molecule has 0 bridgehead atoms. The number of carbonyl (C=O) groups excluding carboxylic acids is 1. The van der Waals surface area contributed by atoms with E-state index in [4.69, 9.17) is 9.73 Å². The van der Waals surface area contributed by atoms with Crippen molar-refractivity contribution in [2.75, 3.05) is 30.5 Å². The fourth-order valence-electron chi connectivity index (χ4n) is 3.42. The number of ether oxygens (including phenoxy) is 1. The van der Waals surface area contributed by atoms with Crippen LogP contribution in [0.3, 0.4) is 0 Å². The minimum Gasteiger partial charge on any atom is -0.494 e. The Morgan fingerprint density at radius 3 is 2.23 bits per heavy atom. The Morgan fingerprint density at radius 2 is 1.61 bits per heavy atom. The molecule has 156 valence electrons. The van der Waals surface area contributed by atoms with Gasteiger partial charge in [0.2, 0.25) is 0 Å². The molecule has 0 aliphatic carbocycles. The predicted molar refractivity (Wildman–Crippen MR) is 127 cm³/mol. The van der Waals surface area contributed by atoms with Gasteiger partial charge in [0.1, 0.15) is 17.3 Å². The second-order valence-electron chi connectivity index (χ2n) is 7.38. The normalized spacial score (nSPS) is 14.7. The smallest absolute Gasteiger partial charge is 0.282 e. The standard InChI is InChI=1S/C26H25N3O2/c1-4-31-23-16-14-22(15-17-23)29-25(20-8-6-5-7-9-20)27-24(26(29)30)18-19-10-12-21(13-11-19)28(2)3/h5-18H,4H2,1-3H3/b24-18+. The van der Waals surface area contributed by atoms with Crippen molar-refractivity contribution in [3.8, 4) is 5.75 Å². The third-order valence-corrected chi connectivity index (χ3v) is 5.01. The Kier molecular flexibility index (Phi) is 5.85. The lowest BCUT2D eigenvalue weighted by Crippen LogP contribution is -2.32. The summed E-state index contributed by atoms with van der Waals surface area (Å²) in [6.07, 6.45) is 1.83. The molecule has 5 nitrogen and oxygen atoms in total. The van der Waals surface area contributed by atoms with Gasteiger partial charge < -0.3 is 9.64 Å². The Morgan fingerprint density at radius 1 is 0.935 bits per heavy atom. The fourth-order valence-corrected chi connectivity index (χ4v) is 3.42. The molecule has 0 radical (unpaired) electrons. The number of anilines is 2. The second-order valence-corrected chi connectivity index (χ2v) is 7.38. The summed E-state index contributed by atoms with van der Waals surface area (Å²) in [7, 11) is 4.00. The summed E-state index contributed by atoms with van der Waals surface area (Å²) in [5.41, 5.74) is 4.08. The van der Waals surface area contributed by atoms with Crippen molar-refractivity contribution in [1.29, 1.82) is 0 Å². The molecule has 31 heavy (non-hydrogen) atoms. The summed E-state index contributed by atoms with van der Waals surface area (Å²) in [6.45, 7) is 2.54. The summed E-state index contributed by atoms with van der Waals surface area (Å²) < 4.78 is 5.54. The zero-order valence-electron chi connectivity index (χ0n) is 17.9. The number of benzene rings is 3. The van der Waals surface area contributed by atoms with Gasteiger partial charge >= 0.3 is 0 Å². The first kappa shape index (κ1) is 20.4. The molecule has 0 saturated heterocycles. The van der Waals surface area contributed by atoms with Gasteiger partial charge in [-0.15, -0.1) is 0 Å². The largest absolute Gasteiger partial charge is 0.494 e. The first-order valence-corrected chi connectivity index (χ1v) is 10.3. The van der Waals surface area contributed by atoms with Gasteiger partial charge in [-0.1, -0.05) is 42.5 Å². The van der Waals surface area contributed by atoms with Crippen LogP contribution in [-0.4, -0.2) is 32.4 Å². The van der Waals surface area contributed by atoms with E-state index in [-0.39, 0.29) is 5.91 Å². The van der Waals surface area contributed by atoms with Crippen LogP contribution >= 0.6 is 0 Å². The zero-order chi connectivity index (χ0) is 21.8. The molecular formula is C26H25N3O2. The van der Waals surface area contributed by atoms with E-state index in [9.17, 15) is 4.79 Å². The molecule has 4 rings (SSSR count). The summed E-state index contributed by atoms with van der Waals surface area (Å²) in [5, 5.41) is 0. The second kappa shape index (κ2) is 8.88. The molecule has 0 saturated carbocycles. The highest BCUT2D eigenvalue weighted by Crippen LogP contribution is 2.29. The Hall–Kier alpha value is -3.86. The van der Waals surface area contributed by atoms with Gasteiger partial charge in [0.25, 0.3) is 5.91 Å². The summed E-state index contributed by atoms with van der Waals surface area (Å²) in [4.78, 5) is 21.8. The van der Waals surface area contributed by atoms with Crippen molar-refractivity contribution in [3.05, 3.63) is 95.7 Å². The first-order chi connectivity index (χ1) is 15.1. The van der Waals surface area contributed by atoms with E-state index in [1.807, 2.05) is 111 Å². The minimum atomic E-state index is -0.153. The van der Waals surface area contributed by atoms with Crippen LogP contribution < -0.4 is 14.5 Å². The third kappa shape index (κ3) is 4.36. The van der Waals surface area contributed by atoms with Crippen LogP contribution in [0.1, 0.15) is 18.1 Å². The van der Waals surface area contributed by atoms with E-state index < -0.39 is 0 Å². The maximum absolute atomic E-state index is 13.4. The van der Waals surface area contributed by atoms with Gasteiger partial charge in [-0.2, -0.15) is 0 Å². The van der Waals surface area contributed by atoms with Crippen molar-refractivity contribution < 1.29 is 9.53 Å². The lowest BCUT2D eigenvalue weighted by molar-refractivity contribution is -0.113. The molecule has 1 amide bonds. The average Bonchev–Trinajstić information content (AvgIpc) is 3.11. The van der Waals surface area contributed by atoms with Crippen molar-refractivity contribution in [3.63, 3.8) is 0 Å². The lowest BCUT2D eigenvalue weighted by atomic mass is 10.1. The Bertz CT molecular complexity index is 1120. The summed E-state index contributed by atoms with van der Waals surface area (Å²) in [5.74, 6) is 1.23. The van der Waals surface area contributed by atoms with Crippen LogP contribution in [0.15, 0.2) is 89.6 Å². The zero-order valence-corrected chi connectivity index (χ0v) is 17.9. The molecule has 5 heteroatoms. The van der Waals surface area contributed by atoms with E-state index in [0.717, 1.165) is 28.3 Å². The highest BCUT2D eigenvalue weighted by atomic mass is 16.5. The maximum Gasteiger partial charge on any atom is 0.282 e. The molecular weight excluding hydrogens is 386 g/mol. The molecule has 3 aromatic rings. The number of hydrogen-bond donors (Lipinski definition) is 0. The van der Waals surface area contributed by atoms with Crippen LogP contribution in [0, 0.1) is 0 Å². The summed E-state index contributed by atoms with van der Waals surface area (Å²) >= 11 is 0. The van der Waals surface area contributed by atoms with E-state index in [2.05, 4.69) is 0 Å². The number of amidine groups is 1. The molecule has 0 unspecified atom stereocenters. The average molecular weight is 412 g/mol. The molecule has 0 aromatic heterocycles. The van der Waals surface area contributed by atoms with Crippen LogP contribution in [0.5, 0.6) is 5.75 Å². The predicted octanol–water partition coefficient (Wildman–Crippen LogP) is 4.99. The number of aliphatic imine (C=N–C) groups is 1. The monoisotopic (exact) mass is 411 g/mol. The van der Waals surface area contributed by atoms with E-state index >= 15 is 0 Å². The topological polar surface area (TPSA) is 45.1 Å². The van der Waals surface area contributed by atoms with Gasteiger partial charge in [-0.05, 0) is 55.0 Å². The molecule has 1 aliphatic heterocycles. The minimum absolute atomic E-state index is 0.153. The van der Waals surface area contributed by atoms with E-state index in [0.29, 0.717) is 18.1 Å². The third-order valence-electron chi connectivity index (χ3n) is 5.01. The molecule has 0 fully saturated rings. The lowest BCUT2D eigenvalue weighted by Gasteiger charge is -2.19. The van der Waals surface area contributed by atoms with Gasteiger partial charge in [0.15, 0.2) is 0 Å². The molecule has 0 spiro atoms. The maximum atomic E-state index is 13.4. The Balaban J connectivity index is 1.73. The van der Waals surface area contributed by atoms with E-state index in [1.54, 1.807) is 4.90 Å². The molecule has 0 N–H and O–H groups in total.